The Kier molecular flexibility index (Phi) is 5.41. The molecular formula is C9H13F2N3O2. The molecule has 0 spiro atoms. The van der Waals surface area contributed by atoms with Gasteiger partial charge in [-0.2, -0.15) is 0 Å². The standard InChI is InChI=1S/C9H13F2N3O2/c10-7(11)6-16-4-1-9(15)14-5-8-12-2-3-13-8/h2-3,7H,1,4-6H2,(H,12,13)(H,14,15). The molecule has 0 saturated heterocycles. The zero-order chi connectivity index (χ0) is 11.8. The second kappa shape index (κ2) is 6.89. The number of H-pyrrole nitrogens is 1. The van der Waals surface area contributed by atoms with E-state index in [9.17, 15) is 13.6 Å². The monoisotopic (exact) mass is 233 g/mol. The predicted octanol–water partition coefficient (Wildman–Crippen LogP) is 0.698. The van der Waals surface area contributed by atoms with E-state index >= 15 is 0 Å². The summed E-state index contributed by atoms with van der Waals surface area (Å²) in [5.74, 6) is 0.382. The molecule has 7 heteroatoms. The van der Waals surface area contributed by atoms with Gasteiger partial charge in [0.15, 0.2) is 0 Å². The van der Waals surface area contributed by atoms with E-state index in [-0.39, 0.29) is 18.9 Å². The number of rotatable bonds is 7. The zero-order valence-electron chi connectivity index (χ0n) is 8.58. The van der Waals surface area contributed by atoms with E-state index < -0.39 is 13.0 Å². The number of nitrogens with zero attached hydrogens (tertiary/aromatic N) is 1. The Morgan fingerprint density at radius 3 is 3.06 bits per heavy atom. The van der Waals surface area contributed by atoms with Crippen molar-refractivity contribution in [1.29, 1.82) is 0 Å². The molecule has 1 amide bonds. The summed E-state index contributed by atoms with van der Waals surface area (Å²) in [5, 5.41) is 2.57. The van der Waals surface area contributed by atoms with Gasteiger partial charge in [0.25, 0.3) is 6.43 Å². The van der Waals surface area contributed by atoms with Crippen LogP contribution in [0.4, 0.5) is 8.78 Å². The van der Waals surface area contributed by atoms with Crippen molar-refractivity contribution in [2.45, 2.75) is 19.4 Å². The van der Waals surface area contributed by atoms with Crippen LogP contribution in [0, 0.1) is 0 Å². The largest absolute Gasteiger partial charge is 0.375 e. The maximum absolute atomic E-state index is 11.7. The third-order valence-electron chi connectivity index (χ3n) is 1.73. The van der Waals surface area contributed by atoms with Crippen LogP contribution in [0.25, 0.3) is 0 Å². The summed E-state index contributed by atoms with van der Waals surface area (Å²) in [6, 6.07) is 0. The van der Waals surface area contributed by atoms with Crippen LogP contribution in [0.5, 0.6) is 0 Å². The molecule has 0 saturated carbocycles. The van der Waals surface area contributed by atoms with Crippen LogP contribution in [0.2, 0.25) is 0 Å². The van der Waals surface area contributed by atoms with Gasteiger partial charge in [-0.05, 0) is 0 Å². The van der Waals surface area contributed by atoms with Crippen molar-refractivity contribution in [3.05, 3.63) is 18.2 Å². The summed E-state index contributed by atoms with van der Waals surface area (Å²) >= 11 is 0. The van der Waals surface area contributed by atoms with E-state index in [4.69, 9.17) is 0 Å². The van der Waals surface area contributed by atoms with Gasteiger partial charge in [-0.1, -0.05) is 0 Å². The van der Waals surface area contributed by atoms with Crippen molar-refractivity contribution in [2.75, 3.05) is 13.2 Å². The smallest absolute Gasteiger partial charge is 0.261 e. The number of imidazole rings is 1. The Hall–Kier alpha value is -1.50. The quantitative estimate of drug-likeness (QED) is 0.681. The van der Waals surface area contributed by atoms with Crippen molar-refractivity contribution in [3.8, 4) is 0 Å². The van der Waals surface area contributed by atoms with Crippen molar-refractivity contribution in [3.63, 3.8) is 0 Å². The molecule has 1 aromatic heterocycles. The topological polar surface area (TPSA) is 67.0 Å². The number of amides is 1. The second-order valence-electron chi connectivity index (χ2n) is 3.03. The van der Waals surface area contributed by atoms with Crippen LogP contribution in [0.3, 0.4) is 0 Å². The molecule has 90 valence electrons. The summed E-state index contributed by atoms with van der Waals surface area (Å²) in [6.07, 6.45) is 0.791. The highest BCUT2D eigenvalue weighted by molar-refractivity contribution is 5.75. The Labute approximate surface area is 91.2 Å². The molecule has 16 heavy (non-hydrogen) atoms. The number of alkyl halides is 2. The normalized spacial score (nSPS) is 10.7. The molecule has 0 aliphatic heterocycles. The number of carbonyl (C=O) groups excluding carboxylic acids is 1. The molecular weight excluding hydrogens is 220 g/mol. The Morgan fingerprint density at radius 2 is 2.44 bits per heavy atom. The third-order valence-corrected chi connectivity index (χ3v) is 1.73. The lowest BCUT2D eigenvalue weighted by molar-refractivity contribution is -0.122. The Bertz CT molecular complexity index is 304. The van der Waals surface area contributed by atoms with Crippen molar-refractivity contribution in [1.82, 2.24) is 15.3 Å². The molecule has 0 aliphatic rings. The van der Waals surface area contributed by atoms with Gasteiger partial charge in [-0.15, -0.1) is 0 Å². The van der Waals surface area contributed by atoms with E-state index in [1.165, 1.54) is 0 Å². The van der Waals surface area contributed by atoms with Gasteiger partial charge >= 0.3 is 0 Å². The molecule has 0 fully saturated rings. The summed E-state index contributed by atoms with van der Waals surface area (Å²) in [5.41, 5.74) is 0. The van der Waals surface area contributed by atoms with Gasteiger partial charge in [-0.25, -0.2) is 13.8 Å². The number of halogens is 2. The Morgan fingerprint density at radius 1 is 1.62 bits per heavy atom. The molecule has 0 atom stereocenters. The minimum Gasteiger partial charge on any atom is -0.375 e. The summed E-state index contributed by atoms with van der Waals surface area (Å²) in [4.78, 5) is 17.9. The van der Waals surface area contributed by atoms with E-state index in [1.54, 1.807) is 12.4 Å². The highest BCUT2D eigenvalue weighted by Gasteiger charge is 2.05. The van der Waals surface area contributed by atoms with Crippen molar-refractivity contribution < 1.29 is 18.3 Å². The number of nitrogens with one attached hydrogen (secondary N) is 2. The van der Waals surface area contributed by atoms with Crippen LogP contribution in [0.1, 0.15) is 12.2 Å². The molecule has 0 radical (unpaired) electrons. The number of ether oxygens (including phenoxy) is 1. The maximum Gasteiger partial charge on any atom is 0.261 e. The van der Waals surface area contributed by atoms with E-state index in [0.717, 1.165) is 0 Å². The highest BCUT2D eigenvalue weighted by Crippen LogP contribution is 1.94. The maximum atomic E-state index is 11.7. The van der Waals surface area contributed by atoms with Crippen LogP contribution in [-0.2, 0) is 16.1 Å². The lowest BCUT2D eigenvalue weighted by Gasteiger charge is -2.04. The number of carbonyl (C=O) groups is 1. The van der Waals surface area contributed by atoms with E-state index in [2.05, 4.69) is 20.0 Å². The molecule has 0 aliphatic carbocycles. The van der Waals surface area contributed by atoms with Crippen LogP contribution < -0.4 is 5.32 Å². The fourth-order valence-electron chi connectivity index (χ4n) is 1.00. The third kappa shape index (κ3) is 5.40. The van der Waals surface area contributed by atoms with Gasteiger partial charge < -0.3 is 15.0 Å². The minimum absolute atomic E-state index is 0.00563. The molecule has 1 heterocycles. The van der Waals surface area contributed by atoms with Crippen molar-refractivity contribution in [2.24, 2.45) is 0 Å². The van der Waals surface area contributed by atoms with E-state index in [0.29, 0.717) is 12.4 Å². The molecule has 5 nitrogen and oxygen atoms in total. The van der Waals surface area contributed by atoms with Crippen LogP contribution >= 0.6 is 0 Å². The highest BCUT2D eigenvalue weighted by atomic mass is 19.3. The molecule has 2 N–H and O–H groups in total. The van der Waals surface area contributed by atoms with E-state index in [1.807, 2.05) is 0 Å². The zero-order valence-corrected chi connectivity index (χ0v) is 8.58. The number of hydrogen-bond donors (Lipinski definition) is 2. The predicted molar refractivity (Wildman–Crippen MR) is 51.9 cm³/mol. The molecule has 0 bridgehead atoms. The summed E-state index contributed by atoms with van der Waals surface area (Å²) in [7, 11) is 0. The lowest BCUT2D eigenvalue weighted by atomic mass is 10.4. The van der Waals surface area contributed by atoms with Gasteiger partial charge in [0.2, 0.25) is 5.91 Å². The summed E-state index contributed by atoms with van der Waals surface area (Å²) in [6.45, 7) is -0.347. The van der Waals surface area contributed by atoms with Gasteiger partial charge in [0.1, 0.15) is 12.4 Å². The number of hydrogen-bond acceptors (Lipinski definition) is 3. The van der Waals surface area contributed by atoms with Gasteiger partial charge in [0, 0.05) is 18.8 Å². The average Bonchev–Trinajstić information content (AvgIpc) is 2.74. The first kappa shape index (κ1) is 12.6. The fourth-order valence-corrected chi connectivity index (χ4v) is 1.00. The van der Waals surface area contributed by atoms with Crippen LogP contribution in [-0.4, -0.2) is 35.5 Å². The number of aromatic amines is 1. The first-order valence-electron chi connectivity index (χ1n) is 4.79. The van der Waals surface area contributed by atoms with Crippen molar-refractivity contribution >= 4 is 5.91 Å². The average molecular weight is 233 g/mol. The van der Waals surface area contributed by atoms with Gasteiger partial charge in [-0.3, -0.25) is 4.79 Å². The van der Waals surface area contributed by atoms with Crippen LogP contribution in [0.15, 0.2) is 12.4 Å². The van der Waals surface area contributed by atoms with Gasteiger partial charge in [0.05, 0.1) is 13.2 Å². The lowest BCUT2D eigenvalue weighted by Crippen LogP contribution is -2.24. The summed E-state index contributed by atoms with van der Waals surface area (Å²) < 4.78 is 27.9. The first-order chi connectivity index (χ1) is 7.68. The Balaban J connectivity index is 2.03. The first-order valence-corrected chi connectivity index (χ1v) is 4.79. The molecule has 0 aromatic carbocycles. The number of aromatic nitrogens is 2. The molecule has 1 rings (SSSR count). The molecule has 1 aromatic rings. The molecule has 0 unspecified atom stereocenters. The fraction of sp³-hybridized carbons (Fsp3) is 0.556. The minimum atomic E-state index is -2.49. The SMILES string of the molecule is O=C(CCOCC(F)F)NCc1ncc[nH]1. The second-order valence-corrected chi connectivity index (χ2v) is 3.03.